The fourth-order valence-corrected chi connectivity index (χ4v) is 3.95. The fraction of sp³-hybridized carbons (Fsp3) is 0.350. The molecule has 0 saturated carbocycles. The molecule has 1 heterocycles. The first-order chi connectivity index (χ1) is 13.1. The first-order valence-electron chi connectivity index (χ1n) is 9.25. The number of nitrogens with zero attached hydrogens (tertiary/aromatic N) is 2. The molecule has 2 N–H and O–H groups in total. The maximum atomic E-state index is 12.2. The highest BCUT2D eigenvalue weighted by atomic mass is 32.2. The Bertz CT molecular complexity index is 968. The Hall–Kier alpha value is -2.22. The molecule has 1 aromatic heterocycles. The largest absolute Gasteiger partial charge is 0.327 e. The van der Waals surface area contributed by atoms with E-state index in [4.69, 9.17) is 0 Å². The Labute approximate surface area is 160 Å². The zero-order chi connectivity index (χ0) is 19.1. The van der Waals surface area contributed by atoms with Crippen molar-refractivity contribution in [3.8, 4) is 0 Å². The van der Waals surface area contributed by atoms with Gasteiger partial charge in [-0.25, -0.2) is 18.1 Å². The molecule has 6 nitrogen and oxygen atoms in total. The highest BCUT2D eigenvalue weighted by molar-refractivity contribution is 7.89. The van der Waals surface area contributed by atoms with Crippen molar-refractivity contribution >= 4 is 21.1 Å². The van der Waals surface area contributed by atoms with Gasteiger partial charge in [0.15, 0.2) is 0 Å². The standard InChI is InChI=1S/C20H26N4O2S/c1-2-13-24-19-11-7-6-10-18(19)23-20(24)16-21-12-14-27(25,26)22-15-17-8-4-3-5-9-17/h3-11,21-22H,2,12-16H2,1H3. The monoisotopic (exact) mass is 386 g/mol. The number of sulfonamides is 1. The third-order valence-corrected chi connectivity index (χ3v) is 5.68. The summed E-state index contributed by atoms with van der Waals surface area (Å²) in [4.78, 5) is 4.68. The van der Waals surface area contributed by atoms with Gasteiger partial charge in [0.25, 0.3) is 0 Å². The van der Waals surface area contributed by atoms with Crippen molar-refractivity contribution < 1.29 is 8.42 Å². The Balaban J connectivity index is 1.52. The van der Waals surface area contributed by atoms with Gasteiger partial charge in [0.05, 0.1) is 23.3 Å². The molecule has 0 atom stereocenters. The molecule has 0 fully saturated rings. The number of aryl methyl sites for hydroxylation is 1. The summed E-state index contributed by atoms with van der Waals surface area (Å²) < 4.78 is 29.1. The van der Waals surface area contributed by atoms with Crippen LogP contribution in [0.4, 0.5) is 0 Å². The molecule has 3 rings (SSSR count). The second-order valence-corrected chi connectivity index (χ2v) is 8.40. The molecule has 0 aliphatic rings. The number of fused-ring (bicyclic) bond motifs is 1. The quantitative estimate of drug-likeness (QED) is 0.525. The van der Waals surface area contributed by atoms with Gasteiger partial charge >= 0.3 is 0 Å². The number of hydrogen-bond acceptors (Lipinski definition) is 4. The van der Waals surface area contributed by atoms with Crippen LogP contribution < -0.4 is 10.0 Å². The van der Waals surface area contributed by atoms with Crippen molar-refractivity contribution in [3.63, 3.8) is 0 Å². The molecule has 0 unspecified atom stereocenters. The number of aromatic nitrogens is 2. The van der Waals surface area contributed by atoms with E-state index < -0.39 is 10.0 Å². The smallest absolute Gasteiger partial charge is 0.213 e. The van der Waals surface area contributed by atoms with E-state index >= 15 is 0 Å². The molecule has 144 valence electrons. The Morgan fingerprint density at radius 3 is 2.52 bits per heavy atom. The highest BCUT2D eigenvalue weighted by Crippen LogP contribution is 2.16. The van der Waals surface area contributed by atoms with E-state index in [9.17, 15) is 8.42 Å². The first kappa shape index (κ1) is 19.5. The topological polar surface area (TPSA) is 76.0 Å². The molecule has 7 heteroatoms. The van der Waals surface area contributed by atoms with Gasteiger partial charge in [-0.2, -0.15) is 0 Å². The van der Waals surface area contributed by atoms with Crippen LogP contribution in [0.5, 0.6) is 0 Å². The van der Waals surface area contributed by atoms with Gasteiger partial charge in [0, 0.05) is 19.6 Å². The van der Waals surface area contributed by atoms with Crippen LogP contribution in [0.25, 0.3) is 11.0 Å². The van der Waals surface area contributed by atoms with Gasteiger partial charge in [-0.05, 0) is 24.1 Å². The second-order valence-electron chi connectivity index (χ2n) is 6.47. The van der Waals surface area contributed by atoms with Gasteiger partial charge in [-0.1, -0.05) is 49.4 Å². The van der Waals surface area contributed by atoms with Gasteiger partial charge in [0.1, 0.15) is 5.82 Å². The number of hydrogen-bond donors (Lipinski definition) is 2. The van der Waals surface area contributed by atoms with E-state index in [1.54, 1.807) is 0 Å². The lowest BCUT2D eigenvalue weighted by atomic mass is 10.2. The maximum Gasteiger partial charge on any atom is 0.213 e. The van der Waals surface area contributed by atoms with Crippen LogP contribution >= 0.6 is 0 Å². The highest BCUT2D eigenvalue weighted by Gasteiger charge is 2.12. The lowest BCUT2D eigenvalue weighted by Gasteiger charge is -2.10. The number of rotatable bonds is 10. The third-order valence-electron chi connectivity index (χ3n) is 4.35. The molecule has 0 spiro atoms. The molecule has 0 radical (unpaired) electrons. The van der Waals surface area contributed by atoms with Gasteiger partial charge in [-0.3, -0.25) is 0 Å². The van der Waals surface area contributed by atoms with Crippen molar-refractivity contribution in [1.82, 2.24) is 19.6 Å². The molecule has 0 aliphatic heterocycles. The summed E-state index contributed by atoms with van der Waals surface area (Å²) in [5.41, 5.74) is 3.04. The third kappa shape index (κ3) is 5.38. The average molecular weight is 387 g/mol. The molecule has 27 heavy (non-hydrogen) atoms. The van der Waals surface area contributed by atoms with Gasteiger partial charge in [-0.15, -0.1) is 0 Å². The zero-order valence-electron chi connectivity index (χ0n) is 15.6. The SMILES string of the molecule is CCCn1c(CNCCS(=O)(=O)NCc2ccccc2)nc2ccccc21. The number of para-hydroxylation sites is 2. The van der Waals surface area contributed by atoms with E-state index in [0.717, 1.165) is 35.4 Å². The summed E-state index contributed by atoms with van der Waals surface area (Å²) in [6.45, 7) is 4.27. The van der Waals surface area contributed by atoms with Crippen LogP contribution in [0.1, 0.15) is 24.7 Å². The van der Waals surface area contributed by atoms with Crippen molar-refractivity contribution in [2.75, 3.05) is 12.3 Å². The minimum Gasteiger partial charge on any atom is -0.327 e. The van der Waals surface area contributed by atoms with Crippen LogP contribution in [0.15, 0.2) is 54.6 Å². The summed E-state index contributed by atoms with van der Waals surface area (Å²) in [5, 5.41) is 3.21. The van der Waals surface area contributed by atoms with Gasteiger partial charge < -0.3 is 9.88 Å². The minimum absolute atomic E-state index is 0.0356. The van der Waals surface area contributed by atoms with E-state index in [1.807, 2.05) is 48.5 Å². The summed E-state index contributed by atoms with van der Waals surface area (Å²) in [6, 6.07) is 17.6. The van der Waals surface area contributed by atoms with E-state index in [-0.39, 0.29) is 5.75 Å². The minimum atomic E-state index is -3.32. The summed E-state index contributed by atoms with van der Waals surface area (Å²) in [6.07, 6.45) is 1.02. The van der Waals surface area contributed by atoms with Gasteiger partial charge in [0.2, 0.25) is 10.0 Å². The molecule has 0 saturated heterocycles. The van der Waals surface area contributed by atoms with E-state index in [2.05, 4.69) is 32.6 Å². The molecule has 0 aliphatic carbocycles. The Morgan fingerprint density at radius 1 is 1.00 bits per heavy atom. The molecule has 3 aromatic rings. The van der Waals surface area contributed by atoms with Crippen molar-refractivity contribution in [3.05, 3.63) is 66.0 Å². The predicted molar refractivity (Wildman–Crippen MR) is 109 cm³/mol. The average Bonchev–Trinajstić information content (AvgIpc) is 3.03. The fourth-order valence-electron chi connectivity index (χ4n) is 3.00. The van der Waals surface area contributed by atoms with Crippen LogP contribution in [-0.4, -0.2) is 30.3 Å². The Morgan fingerprint density at radius 2 is 1.74 bits per heavy atom. The van der Waals surface area contributed by atoms with E-state index in [1.165, 1.54) is 0 Å². The van der Waals surface area contributed by atoms with Crippen LogP contribution in [0, 0.1) is 0 Å². The zero-order valence-corrected chi connectivity index (χ0v) is 16.4. The van der Waals surface area contributed by atoms with Crippen LogP contribution in [0.3, 0.4) is 0 Å². The van der Waals surface area contributed by atoms with Crippen molar-refractivity contribution in [2.24, 2.45) is 0 Å². The molecule has 2 aromatic carbocycles. The van der Waals surface area contributed by atoms with Crippen LogP contribution in [-0.2, 0) is 29.7 Å². The number of nitrogens with one attached hydrogen (secondary N) is 2. The second kappa shape index (κ2) is 9.12. The maximum absolute atomic E-state index is 12.2. The van der Waals surface area contributed by atoms with Crippen molar-refractivity contribution in [2.45, 2.75) is 33.0 Å². The molecular weight excluding hydrogens is 360 g/mol. The predicted octanol–water partition coefficient (Wildman–Crippen LogP) is 2.66. The normalized spacial score (nSPS) is 11.9. The number of benzene rings is 2. The molecule has 0 amide bonds. The van der Waals surface area contributed by atoms with Crippen molar-refractivity contribution in [1.29, 1.82) is 0 Å². The Kier molecular flexibility index (Phi) is 6.60. The summed E-state index contributed by atoms with van der Waals surface area (Å²) >= 11 is 0. The lowest BCUT2D eigenvalue weighted by molar-refractivity contribution is 0.571. The summed E-state index contributed by atoms with van der Waals surface area (Å²) in [7, 11) is -3.32. The van der Waals surface area contributed by atoms with E-state index in [0.29, 0.717) is 19.6 Å². The summed E-state index contributed by atoms with van der Waals surface area (Å²) in [5.74, 6) is 0.973. The first-order valence-corrected chi connectivity index (χ1v) is 10.9. The molecule has 0 bridgehead atoms. The molecular formula is C20H26N4O2S. The lowest BCUT2D eigenvalue weighted by Crippen LogP contribution is -2.31. The number of imidazole rings is 1. The van der Waals surface area contributed by atoms with Crippen LogP contribution in [0.2, 0.25) is 0 Å².